The van der Waals surface area contributed by atoms with Gasteiger partial charge in [-0.3, -0.25) is 0 Å². The van der Waals surface area contributed by atoms with Crippen LogP contribution in [-0.4, -0.2) is 12.6 Å². The van der Waals surface area contributed by atoms with Gasteiger partial charge in [0.2, 0.25) is 0 Å². The van der Waals surface area contributed by atoms with E-state index in [1.807, 2.05) is 0 Å². The molecular weight excluding hydrogens is 170 g/mol. The Hall–Kier alpha value is -0.0400. The summed E-state index contributed by atoms with van der Waals surface area (Å²) < 4.78 is 0. The van der Waals surface area contributed by atoms with Crippen molar-refractivity contribution < 1.29 is 0 Å². The van der Waals surface area contributed by atoms with Gasteiger partial charge in [-0.1, -0.05) is 20.3 Å². The first-order valence-electron chi connectivity index (χ1n) is 6.39. The van der Waals surface area contributed by atoms with Crippen LogP contribution in [0.1, 0.15) is 58.8 Å². The Bertz CT molecular complexity index is 172. The molecule has 2 aliphatic carbocycles. The smallest absolute Gasteiger partial charge is 0.00675 e. The normalized spacial score (nSPS) is 28.7. The van der Waals surface area contributed by atoms with Crippen molar-refractivity contribution in [2.45, 2.75) is 64.8 Å². The quantitative estimate of drug-likeness (QED) is 0.728. The first-order chi connectivity index (χ1) is 6.66. The molecule has 2 fully saturated rings. The third kappa shape index (κ3) is 2.73. The fourth-order valence-electron chi connectivity index (χ4n) is 2.63. The summed E-state index contributed by atoms with van der Waals surface area (Å²) >= 11 is 0. The van der Waals surface area contributed by atoms with Crippen LogP contribution in [0.5, 0.6) is 0 Å². The maximum Gasteiger partial charge on any atom is 0.00675 e. The Balaban J connectivity index is 1.63. The monoisotopic (exact) mass is 195 g/mol. The average molecular weight is 195 g/mol. The van der Waals surface area contributed by atoms with Crippen molar-refractivity contribution in [3.05, 3.63) is 0 Å². The van der Waals surface area contributed by atoms with Crippen LogP contribution in [0.4, 0.5) is 0 Å². The maximum atomic E-state index is 3.76. The Morgan fingerprint density at radius 2 is 1.71 bits per heavy atom. The van der Waals surface area contributed by atoms with E-state index >= 15 is 0 Å². The zero-order chi connectivity index (χ0) is 10.0. The lowest BCUT2D eigenvalue weighted by molar-refractivity contribution is 0.193. The Labute approximate surface area is 88.7 Å². The molecule has 0 saturated heterocycles. The average Bonchev–Trinajstić information content (AvgIpc) is 2.05. The van der Waals surface area contributed by atoms with Crippen molar-refractivity contribution in [2.24, 2.45) is 11.3 Å². The topological polar surface area (TPSA) is 12.0 Å². The Kier molecular flexibility index (Phi) is 3.16. The van der Waals surface area contributed by atoms with E-state index in [0.29, 0.717) is 5.41 Å². The van der Waals surface area contributed by atoms with Gasteiger partial charge in [0.05, 0.1) is 0 Å². The van der Waals surface area contributed by atoms with Crippen molar-refractivity contribution in [1.82, 2.24) is 5.32 Å². The number of hydrogen-bond donors (Lipinski definition) is 1. The molecule has 2 rings (SSSR count). The van der Waals surface area contributed by atoms with Gasteiger partial charge in [-0.2, -0.15) is 0 Å². The molecular formula is C13H25N. The lowest BCUT2D eigenvalue weighted by atomic mass is 9.75. The molecule has 0 aromatic heterocycles. The van der Waals surface area contributed by atoms with E-state index in [1.165, 1.54) is 51.5 Å². The van der Waals surface area contributed by atoms with Gasteiger partial charge in [-0.25, -0.2) is 0 Å². The molecule has 0 unspecified atom stereocenters. The summed E-state index contributed by atoms with van der Waals surface area (Å²) in [5.74, 6) is 1.02. The van der Waals surface area contributed by atoms with Crippen LogP contribution in [0.15, 0.2) is 0 Å². The fraction of sp³-hybridized carbons (Fsp3) is 1.00. The highest BCUT2D eigenvalue weighted by atomic mass is 14.9. The highest BCUT2D eigenvalue weighted by molar-refractivity contribution is 4.83. The summed E-state index contributed by atoms with van der Waals surface area (Å²) in [5, 5.41) is 3.76. The van der Waals surface area contributed by atoms with Crippen LogP contribution in [-0.2, 0) is 0 Å². The van der Waals surface area contributed by atoms with E-state index in [9.17, 15) is 0 Å². The van der Waals surface area contributed by atoms with Crippen molar-refractivity contribution in [3.8, 4) is 0 Å². The summed E-state index contributed by atoms with van der Waals surface area (Å²) in [7, 11) is 0. The molecule has 0 bridgehead atoms. The molecule has 0 radical (unpaired) electrons. The van der Waals surface area contributed by atoms with Crippen LogP contribution < -0.4 is 5.32 Å². The zero-order valence-corrected chi connectivity index (χ0v) is 9.81. The summed E-state index contributed by atoms with van der Waals surface area (Å²) in [6.07, 6.45) is 10.1. The molecule has 0 heterocycles. The van der Waals surface area contributed by atoms with Crippen LogP contribution >= 0.6 is 0 Å². The molecule has 0 spiro atoms. The van der Waals surface area contributed by atoms with Crippen LogP contribution in [0.25, 0.3) is 0 Å². The minimum absolute atomic E-state index is 0.620. The molecule has 2 saturated carbocycles. The first kappa shape index (κ1) is 10.5. The van der Waals surface area contributed by atoms with Gasteiger partial charge < -0.3 is 5.32 Å². The third-order valence-electron chi connectivity index (χ3n) is 4.26. The lowest BCUT2D eigenvalue weighted by Gasteiger charge is -2.36. The molecule has 1 heteroatoms. The minimum atomic E-state index is 0.620. The highest BCUT2D eigenvalue weighted by Crippen LogP contribution is 2.35. The van der Waals surface area contributed by atoms with Crippen molar-refractivity contribution >= 4 is 0 Å². The SMILES string of the molecule is CC1(C)CCC(NCC2CCC2)CC1. The second-order valence-electron chi connectivity index (χ2n) is 6.14. The standard InChI is InChI=1S/C13H25N/c1-13(2)8-6-12(7-9-13)14-10-11-4-3-5-11/h11-12,14H,3-10H2,1-2H3. The van der Waals surface area contributed by atoms with E-state index in [4.69, 9.17) is 0 Å². The predicted octanol–water partition coefficient (Wildman–Crippen LogP) is 3.34. The highest BCUT2D eigenvalue weighted by Gasteiger charge is 2.27. The first-order valence-corrected chi connectivity index (χ1v) is 6.39. The summed E-state index contributed by atoms with van der Waals surface area (Å²) in [4.78, 5) is 0. The molecule has 0 atom stereocenters. The van der Waals surface area contributed by atoms with Gasteiger partial charge in [-0.05, 0) is 56.4 Å². The van der Waals surface area contributed by atoms with E-state index in [-0.39, 0.29) is 0 Å². The number of nitrogens with one attached hydrogen (secondary N) is 1. The summed E-state index contributed by atoms with van der Waals surface area (Å²) in [5.41, 5.74) is 0.620. The molecule has 82 valence electrons. The lowest BCUT2D eigenvalue weighted by Crippen LogP contribution is -2.39. The summed E-state index contributed by atoms with van der Waals surface area (Å²) in [6.45, 7) is 6.12. The van der Waals surface area contributed by atoms with Gasteiger partial charge in [0.15, 0.2) is 0 Å². The number of hydrogen-bond acceptors (Lipinski definition) is 1. The molecule has 0 aromatic carbocycles. The molecule has 0 aromatic rings. The minimum Gasteiger partial charge on any atom is -0.314 e. The molecule has 0 aliphatic heterocycles. The van der Waals surface area contributed by atoms with Gasteiger partial charge in [-0.15, -0.1) is 0 Å². The van der Waals surface area contributed by atoms with E-state index in [2.05, 4.69) is 19.2 Å². The van der Waals surface area contributed by atoms with Crippen molar-refractivity contribution in [1.29, 1.82) is 0 Å². The second-order valence-corrected chi connectivity index (χ2v) is 6.14. The number of rotatable bonds is 3. The van der Waals surface area contributed by atoms with Gasteiger partial charge in [0.1, 0.15) is 0 Å². The van der Waals surface area contributed by atoms with Crippen molar-refractivity contribution in [2.75, 3.05) is 6.54 Å². The third-order valence-corrected chi connectivity index (χ3v) is 4.26. The largest absolute Gasteiger partial charge is 0.314 e. The van der Waals surface area contributed by atoms with E-state index < -0.39 is 0 Å². The molecule has 1 N–H and O–H groups in total. The zero-order valence-electron chi connectivity index (χ0n) is 9.81. The Morgan fingerprint density at radius 3 is 2.21 bits per heavy atom. The van der Waals surface area contributed by atoms with Gasteiger partial charge in [0, 0.05) is 6.04 Å². The van der Waals surface area contributed by atoms with Crippen LogP contribution in [0.2, 0.25) is 0 Å². The molecule has 0 amide bonds. The predicted molar refractivity (Wildman–Crippen MR) is 61.4 cm³/mol. The molecule has 2 aliphatic rings. The van der Waals surface area contributed by atoms with Crippen LogP contribution in [0, 0.1) is 11.3 Å². The Morgan fingerprint density at radius 1 is 1.07 bits per heavy atom. The van der Waals surface area contributed by atoms with Crippen LogP contribution in [0.3, 0.4) is 0 Å². The molecule has 14 heavy (non-hydrogen) atoms. The fourth-order valence-corrected chi connectivity index (χ4v) is 2.63. The summed E-state index contributed by atoms with van der Waals surface area (Å²) in [6, 6.07) is 0.837. The van der Waals surface area contributed by atoms with E-state index in [1.54, 1.807) is 0 Å². The molecule has 1 nitrogen and oxygen atoms in total. The van der Waals surface area contributed by atoms with E-state index in [0.717, 1.165) is 12.0 Å². The van der Waals surface area contributed by atoms with Crippen molar-refractivity contribution in [3.63, 3.8) is 0 Å². The van der Waals surface area contributed by atoms with Gasteiger partial charge in [0.25, 0.3) is 0 Å². The van der Waals surface area contributed by atoms with Gasteiger partial charge >= 0.3 is 0 Å². The second kappa shape index (κ2) is 4.22. The maximum absolute atomic E-state index is 3.76.